The van der Waals surface area contributed by atoms with Crippen LogP contribution in [0.4, 0.5) is 13.2 Å². The Bertz CT molecular complexity index is 1310. The smallest absolute Gasteiger partial charge is 0.375 e. The Hall–Kier alpha value is -2.74. The zero-order valence-electron chi connectivity index (χ0n) is 24.5. The molecule has 10 nitrogen and oxygen atoms in total. The summed E-state index contributed by atoms with van der Waals surface area (Å²) in [5, 5.41) is 4.49. The first-order chi connectivity index (χ1) is 20.3. The van der Waals surface area contributed by atoms with E-state index in [9.17, 15) is 32.3 Å². The van der Waals surface area contributed by atoms with Gasteiger partial charge in [0, 0.05) is 57.1 Å². The number of rotatable bonds is 5. The van der Waals surface area contributed by atoms with Gasteiger partial charge in [-0.25, -0.2) is 4.98 Å². The van der Waals surface area contributed by atoms with Crippen LogP contribution in [0, 0.1) is 34.5 Å². The molecule has 236 valence electrons. The molecule has 4 aliphatic heterocycles. The van der Waals surface area contributed by atoms with Crippen molar-refractivity contribution in [3.8, 4) is 0 Å². The molecule has 0 aromatic carbocycles. The van der Waals surface area contributed by atoms with Crippen LogP contribution < -0.4 is 10.6 Å². The second-order valence-electron chi connectivity index (χ2n) is 13.5. The van der Waals surface area contributed by atoms with Crippen molar-refractivity contribution < 1.29 is 37.1 Å². The van der Waals surface area contributed by atoms with Crippen molar-refractivity contribution in [2.75, 3.05) is 39.8 Å². The molecule has 14 heteroatoms. The van der Waals surface area contributed by atoms with Crippen LogP contribution in [-0.4, -0.2) is 90.4 Å². The van der Waals surface area contributed by atoms with E-state index >= 15 is 0 Å². The summed E-state index contributed by atoms with van der Waals surface area (Å²) < 4.78 is 45.9. The van der Waals surface area contributed by atoms with Crippen molar-refractivity contribution in [1.29, 1.82) is 0 Å². The highest BCUT2D eigenvalue weighted by Gasteiger charge is 2.70. The summed E-state index contributed by atoms with van der Waals surface area (Å²) in [7, 11) is 1.49. The lowest BCUT2D eigenvalue weighted by Crippen LogP contribution is -2.65. The van der Waals surface area contributed by atoms with Gasteiger partial charge in [-0.15, -0.1) is 11.3 Å². The minimum atomic E-state index is -4.67. The summed E-state index contributed by atoms with van der Waals surface area (Å²) in [5.41, 5.74) is -1.22. The molecular formula is C29H38F3N5O5S. The minimum absolute atomic E-state index is 0.0433. The van der Waals surface area contributed by atoms with Crippen LogP contribution in [0.25, 0.3) is 0 Å². The number of alkyl halides is 3. The first kappa shape index (κ1) is 30.3. The van der Waals surface area contributed by atoms with E-state index in [2.05, 4.69) is 15.6 Å². The van der Waals surface area contributed by atoms with Crippen molar-refractivity contribution in [3.63, 3.8) is 0 Å². The number of amides is 4. The fraction of sp³-hybridized carbons (Fsp3) is 0.759. The Kier molecular flexibility index (Phi) is 7.54. The van der Waals surface area contributed by atoms with Crippen LogP contribution in [-0.2, 0) is 25.3 Å². The maximum atomic E-state index is 14.0. The summed E-state index contributed by atoms with van der Waals surface area (Å²) in [4.78, 5) is 60.8. The first-order valence-electron chi connectivity index (χ1n) is 15.0. The number of carbonyl (C=O) groups is 4. The van der Waals surface area contributed by atoms with Crippen LogP contribution in [0.1, 0.15) is 60.6 Å². The van der Waals surface area contributed by atoms with E-state index in [4.69, 9.17) is 4.74 Å². The summed E-state index contributed by atoms with van der Waals surface area (Å²) in [6, 6.07) is -1.05. The third-order valence-corrected chi connectivity index (χ3v) is 11.5. The van der Waals surface area contributed by atoms with E-state index in [1.807, 2.05) is 13.8 Å². The number of halogens is 3. The molecule has 4 amide bonds. The quantitative estimate of drug-likeness (QED) is 0.519. The molecule has 7 rings (SSSR count). The maximum absolute atomic E-state index is 14.0. The number of hydrogen-bond acceptors (Lipinski definition) is 7. The number of likely N-dealkylation sites (tertiary alicyclic amines) is 1. The average Bonchev–Trinajstić information content (AvgIpc) is 3.32. The third kappa shape index (κ3) is 5.21. The molecule has 2 aliphatic carbocycles. The largest absolute Gasteiger partial charge is 0.443 e. The zero-order chi connectivity index (χ0) is 30.9. The van der Waals surface area contributed by atoms with Crippen molar-refractivity contribution >= 4 is 35.0 Å². The van der Waals surface area contributed by atoms with E-state index in [1.54, 1.807) is 4.90 Å². The van der Waals surface area contributed by atoms with Crippen LogP contribution in [0.5, 0.6) is 0 Å². The molecule has 6 aliphatic rings. The van der Waals surface area contributed by atoms with Gasteiger partial charge in [0.15, 0.2) is 5.01 Å². The Morgan fingerprint density at radius 1 is 1.16 bits per heavy atom. The summed E-state index contributed by atoms with van der Waals surface area (Å²) in [5.74, 6) is -2.62. The van der Waals surface area contributed by atoms with Crippen LogP contribution in [0.15, 0.2) is 6.20 Å². The molecule has 1 spiro atoms. The van der Waals surface area contributed by atoms with Gasteiger partial charge in [-0.3, -0.25) is 19.2 Å². The SMILES string of the molecule is CNC(=O)[C@H]1NC(=O)[C@H]2CN(C(=O)c3cnc(C(F)(F)F)s3)CC23CN(C3)C(=O)[C@H]2C([C@H]1OCC1CCCCC1)C2(C)C. The molecule has 2 bridgehead atoms. The van der Waals surface area contributed by atoms with Gasteiger partial charge in [0.05, 0.1) is 18.2 Å². The predicted octanol–water partition coefficient (Wildman–Crippen LogP) is 2.54. The molecule has 0 radical (unpaired) electrons. The predicted molar refractivity (Wildman–Crippen MR) is 149 cm³/mol. The van der Waals surface area contributed by atoms with E-state index in [1.165, 1.54) is 18.4 Å². The Balaban J connectivity index is 1.29. The van der Waals surface area contributed by atoms with Gasteiger partial charge in [-0.2, -0.15) is 13.2 Å². The Morgan fingerprint density at radius 3 is 2.49 bits per heavy atom. The normalized spacial score (nSPS) is 31.7. The van der Waals surface area contributed by atoms with Crippen molar-refractivity contribution in [3.05, 3.63) is 16.1 Å². The number of ether oxygens (including phenoxy) is 1. The topological polar surface area (TPSA) is 121 Å². The molecule has 5 heterocycles. The number of thiazole rings is 1. The Labute approximate surface area is 252 Å². The fourth-order valence-corrected chi connectivity index (χ4v) is 8.76. The second kappa shape index (κ2) is 10.7. The summed E-state index contributed by atoms with van der Waals surface area (Å²) >= 11 is 0.267. The fourth-order valence-electron chi connectivity index (χ4n) is 8.01. The van der Waals surface area contributed by atoms with Crippen molar-refractivity contribution in [2.45, 2.75) is 64.3 Å². The van der Waals surface area contributed by atoms with Crippen LogP contribution in [0.2, 0.25) is 0 Å². The van der Waals surface area contributed by atoms with Crippen molar-refractivity contribution in [1.82, 2.24) is 25.4 Å². The zero-order valence-corrected chi connectivity index (χ0v) is 25.4. The molecule has 1 unspecified atom stereocenters. The first-order valence-corrected chi connectivity index (χ1v) is 15.8. The average molecular weight is 626 g/mol. The van der Waals surface area contributed by atoms with Gasteiger partial charge in [0.25, 0.3) is 5.91 Å². The third-order valence-electron chi connectivity index (χ3n) is 10.5. The van der Waals surface area contributed by atoms with Gasteiger partial charge in [0.1, 0.15) is 10.9 Å². The number of hydrogen-bond donors (Lipinski definition) is 2. The molecule has 5 atom stereocenters. The molecule has 2 saturated carbocycles. The molecule has 1 aromatic heterocycles. The molecular weight excluding hydrogens is 587 g/mol. The molecule has 2 N–H and O–H groups in total. The van der Waals surface area contributed by atoms with Crippen LogP contribution in [0.3, 0.4) is 0 Å². The highest BCUT2D eigenvalue weighted by atomic mass is 32.1. The highest BCUT2D eigenvalue weighted by Crippen LogP contribution is 2.63. The van der Waals surface area contributed by atoms with Gasteiger partial charge in [-0.1, -0.05) is 33.1 Å². The van der Waals surface area contributed by atoms with E-state index in [0.717, 1.165) is 31.9 Å². The second-order valence-corrected chi connectivity index (χ2v) is 14.6. The lowest BCUT2D eigenvalue weighted by atomic mass is 9.71. The monoisotopic (exact) mass is 625 g/mol. The molecule has 1 aromatic rings. The maximum Gasteiger partial charge on any atom is 0.443 e. The number of aromatic nitrogens is 1. The van der Waals surface area contributed by atoms with Gasteiger partial charge in [0.2, 0.25) is 17.7 Å². The van der Waals surface area contributed by atoms with Crippen LogP contribution >= 0.6 is 11.3 Å². The molecule has 6 fully saturated rings. The number of fused-ring (bicyclic) bond motifs is 3. The summed E-state index contributed by atoms with van der Waals surface area (Å²) in [6.07, 6.45) is 1.02. The Morgan fingerprint density at radius 2 is 1.86 bits per heavy atom. The number of carbonyl (C=O) groups excluding carboxylic acids is 4. The minimum Gasteiger partial charge on any atom is -0.375 e. The van der Waals surface area contributed by atoms with Gasteiger partial charge >= 0.3 is 6.18 Å². The summed E-state index contributed by atoms with van der Waals surface area (Å²) in [6.45, 7) is 4.99. The van der Waals surface area contributed by atoms with Gasteiger partial charge in [-0.05, 0) is 24.2 Å². The van der Waals surface area contributed by atoms with E-state index in [0.29, 0.717) is 12.5 Å². The molecule has 4 saturated heterocycles. The standard InChI is InChI=1S/C29H38F3N5O5S/c1-27(2)18-19(27)25(41)37-13-28(14-37)12-36(24(40)17-9-34-26(43-17)29(30,31)32)10-16(28)22(38)35-20(23(39)33-3)21(18)42-11-15-7-5-4-6-8-15/h9,15-16,18-21H,4-8,10-14H2,1-3H3,(H,33,39)(H,35,38)/t16-,18?,19-,20+,21-/m1/s1. The van der Waals surface area contributed by atoms with Crippen molar-refractivity contribution in [2.24, 2.45) is 34.5 Å². The van der Waals surface area contributed by atoms with Gasteiger partial charge < -0.3 is 25.2 Å². The highest BCUT2D eigenvalue weighted by molar-refractivity contribution is 7.13. The number of likely N-dealkylation sites (N-methyl/N-ethyl adjacent to an activating group) is 1. The molecule has 43 heavy (non-hydrogen) atoms. The van der Waals surface area contributed by atoms with E-state index < -0.39 is 57.8 Å². The van der Waals surface area contributed by atoms with E-state index in [-0.39, 0.29) is 60.1 Å². The number of nitrogens with zero attached hydrogens (tertiary/aromatic N) is 3. The lowest BCUT2D eigenvalue weighted by Gasteiger charge is -2.50. The lowest BCUT2D eigenvalue weighted by molar-refractivity contribution is -0.151. The number of nitrogens with one attached hydrogen (secondary N) is 2.